The molecule has 114 valence electrons. The van der Waals surface area contributed by atoms with Crippen LogP contribution in [-0.2, 0) is 14.2 Å². The van der Waals surface area contributed by atoms with Crippen molar-refractivity contribution in [2.24, 2.45) is 0 Å². The molecule has 0 bridgehead atoms. The van der Waals surface area contributed by atoms with Gasteiger partial charge in [-0.15, -0.1) is 0 Å². The average molecular weight is 275 g/mol. The zero-order chi connectivity index (χ0) is 14.9. The van der Waals surface area contributed by atoms with Gasteiger partial charge < -0.3 is 19.5 Å². The van der Waals surface area contributed by atoms with Crippen LogP contribution in [-0.4, -0.2) is 44.2 Å². The Morgan fingerprint density at radius 1 is 1.11 bits per heavy atom. The lowest BCUT2D eigenvalue weighted by Gasteiger charge is -2.28. The van der Waals surface area contributed by atoms with E-state index in [1.165, 1.54) is 0 Å². The first-order valence-electron chi connectivity index (χ1n) is 6.82. The summed E-state index contributed by atoms with van der Waals surface area (Å²) in [5.41, 5.74) is -0.442. The molecule has 0 aliphatic carbocycles. The summed E-state index contributed by atoms with van der Waals surface area (Å²) in [6.07, 6.45) is 1.19. The summed E-state index contributed by atoms with van der Waals surface area (Å²) in [7, 11) is 1.70. The third kappa shape index (κ3) is 9.73. The Labute approximate surface area is 117 Å². The molecule has 0 heterocycles. The zero-order valence-corrected chi connectivity index (χ0v) is 13.2. The SMILES string of the molecule is CCOC(=O)NCCC(C)(C)OCCC(C)(C)OC. The lowest BCUT2D eigenvalue weighted by molar-refractivity contribution is -0.0605. The van der Waals surface area contributed by atoms with Crippen molar-refractivity contribution in [3.8, 4) is 0 Å². The van der Waals surface area contributed by atoms with Gasteiger partial charge in [-0.2, -0.15) is 0 Å². The summed E-state index contributed by atoms with van der Waals surface area (Å²) in [6.45, 7) is 11.4. The highest BCUT2D eigenvalue weighted by atomic mass is 16.5. The predicted molar refractivity (Wildman–Crippen MR) is 75.4 cm³/mol. The largest absolute Gasteiger partial charge is 0.450 e. The van der Waals surface area contributed by atoms with E-state index in [-0.39, 0.29) is 17.3 Å². The molecule has 0 aromatic carbocycles. The van der Waals surface area contributed by atoms with Crippen molar-refractivity contribution < 1.29 is 19.0 Å². The fourth-order valence-electron chi connectivity index (χ4n) is 1.40. The number of carbonyl (C=O) groups excluding carboxylic acids is 1. The summed E-state index contributed by atoms with van der Waals surface area (Å²) < 4.78 is 16.0. The van der Waals surface area contributed by atoms with Crippen molar-refractivity contribution in [3.63, 3.8) is 0 Å². The molecule has 0 saturated carbocycles. The van der Waals surface area contributed by atoms with Crippen molar-refractivity contribution in [1.29, 1.82) is 0 Å². The van der Waals surface area contributed by atoms with Gasteiger partial charge in [0.05, 0.1) is 24.4 Å². The molecule has 0 spiro atoms. The van der Waals surface area contributed by atoms with E-state index in [0.29, 0.717) is 19.8 Å². The molecule has 0 aromatic heterocycles. The van der Waals surface area contributed by atoms with Crippen LogP contribution in [0.15, 0.2) is 0 Å². The molecule has 0 unspecified atom stereocenters. The number of alkyl carbamates (subject to hydrolysis) is 1. The fraction of sp³-hybridized carbons (Fsp3) is 0.929. The molecule has 0 aromatic rings. The highest BCUT2D eigenvalue weighted by molar-refractivity contribution is 5.66. The smallest absolute Gasteiger partial charge is 0.407 e. The molecular weight excluding hydrogens is 246 g/mol. The van der Waals surface area contributed by atoms with Gasteiger partial charge in [0.1, 0.15) is 0 Å². The molecule has 5 nitrogen and oxygen atoms in total. The summed E-state index contributed by atoms with van der Waals surface area (Å²) in [5.74, 6) is 0. The number of carbonyl (C=O) groups is 1. The van der Waals surface area contributed by atoms with Gasteiger partial charge in [-0.1, -0.05) is 0 Å². The number of methoxy groups -OCH3 is 1. The minimum absolute atomic E-state index is 0.167. The second kappa shape index (κ2) is 8.38. The quantitative estimate of drug-likeness (QED) is 0.703. The topological polar surface area (TPSA) is 56.8 Å². The molecular formula is C14H29NO4. The van der Waals surface area contributed by atoms with Crippen LogP contribution in [0.2, 0.25) is 0 Å². The minimum Gasteiger partial charge on any atom is -0.450 e. The molecule has 0 fully saturated rings. The summed E-state index contributed by atoms with van der Waals surface area (Å²) >= 11 is 0. The highest BCUT2D eigenvalue weighted by Crippen LogP contribution is 2.18. The summed E-state index contributed by atoms with van der Waals surface area (Å²) in [4.78, 5) is 11.1. The van der Waals surface area contributed by atoms with E-state index in [1.54, 1.807) is 14.0 Å². The number of amides is 1. The van der Waals surface area contributed by atoms with Crippen LogP contribution in [0.1, 0.15) is 47.5 Å². The molecule has 1 amide bonds. The number of nitrogens with one attached hydrogen (secondary N) is 1. The lowest BCUT2D eigenvalue weighted by atomic mass is 10.0. The van der Waals surface area contributed by atoms with Gasteiger partial charge in [0.2, 0.25) is 0 Å². The van der Waals surface area contributed by atoms with Gasteiger partial charge in [-0.05, 0) is 47.5 Å². The number of ether oxygens (including phenoxy) is 3. The molecule has 0 aliphatic heterocycles. The standard InChI is InChI=1S/C14H29NO4/c1-7-18-12(16)15-10-8-14(4,5)19-11-9-13(2,3)17-6/h7-11H2,1-6H3,(H,15,16). The maximum Gasteiger partial charge on any atom is 0.407 e. The Kier molecular flexibility index (Phi) is 8.02. The Balaban J connectivity index is 3.83. The van der Waals surface area contributed by atoms with E-state index in [1.807, 2.05) is 27.7 Å². The van der Waals surface area contributed by atoms with Gasteiger partial charge in [0.15, 0.2) is 0 Å². The third-order valence-corrected chi connectivity index (χ3v) is 3.02. The first-order chi connectivity index (χ1) is 8.72. The third-order valence-electron chi connectivity index (χ3n) is 3.02. The Hall–Kier alpha value is -0.810. The number of rotatable bonds is 9. The number of hydrogen-bond donors (Lipinski definition) is 1. The van der Waals surface area contributed by atoms with Crippen molar-refractivity contribution >= 4 is 6.09 Å². The van der Waals surface area contributed by atoms with Gasteiger partial charge >= 0.3 is 6.09 Å². The maximum atomic E-state index is 11.1. The van der Waals surface area contributed by atoms with Crippen LogP contribution in [0.5, 0.6) is 0 Å². The Morgan fingerprint density at radius 2 is 1.74 bits per heavy atom. The summed E-state index contributed by atoms with van der Waals surface area (Å²) in [6, 6.07) is 0. The van der Waals surface area contributed by atoms with Crippen molar-refractivity contribution in [2.45, 2.75) is 58.7 Å². The maximum absolute atomic E-state index is 11.1. The van der Waals surface area contributed by atoms with E-state index in [9.17, 15) is 4.79 Å². The van der Waals surface area contributed by atoms with E-state index in [0.717, 1.165) is 12.8 Å². The molecule has 1 N–H and O–H groups in total. The van der Waals surface area contributed by atoms with Gasteiger partial charge in [-0.25, -0.2) is 4.79 Å². The van der Waals surface area contributed by atoms with E-state index < -0.39 is 0 Å². The Bertz CT molecular complexity index is 264. The monoisotopic (exact) mass is 275 g/mol. The van der Waals surface area contributed by atoms with Crippen LogP contribution in [0.25, 0.3) is 0 Å². The minimum atomic E-state index is -0.376. The van der Waals surface area contributed by atoms with Crippen LogP contribution in [0.3, 0.4) is 0 Å². The van der Waals surface area contributed by atoms with Crippen LogP contribution in [0, 0.1) is 0 Å². The average Bonchev–Trinajstić information content (AvgIpc) is 2.28. The van der Waals surface area contributed by atoms with Gasteiger partial charge in [0.25, 0.3) is 0 Å². The molecule has 0 atom stereocenters. The van der Waals surface area contributed by atoms with Crippen molar-refractivity contribution in [3.05, 3.63) is 0 Å². The molecule has 0 rings (SSSR count). The fourth-order valence-corrected chi connectivity index (χ4v) is 1.40. The molecule has 5 heteroatoms. The predicted octanol–water partition coefficient (Wildman–Crippen LogP) is 2.73. The van der Waals surface area contributed by atoms with Gasteiger partial charge in [0, 0.05) is 13.7 Å². The first kappa shape index (κ1) is 18.2. The van der Waals surface area contributed by atoms with Gasteiger partial charge in [-0.3, -0.25) is 0 Å². The van der Waals surface area contributed by atoms with Crippen molar-refractivity contribution in [1.82, 2.24) is 5.32 Å². The first-order valence-corrected chi connectivity index (χ1v) is 6.82. The second-order valence-corrected chi connectivity index (χ2v) is 5.72. The van der Waals surface area contributed by atoms with E-state index >= 15 is 0 Å². The molecule has 0 radical (unpaired) electrons. The normalized spacial score (nSPS) is 12.3. The molecule has 0 saturated heterocycles. The van der Waals surface area contributed by atoms with E-state index in [2.05, 4.69) is 5.32 Å². The second-order valence-electron chi connectivity index (χ2n) is 5.72. The van der Waals surface area contributed by atoms with Crippen LogP contribution >= 0.6 is 0 Å². The Morgan fingerprint density at radius 3 is 2.26 bits per heavy atom. The molecule has 19 heavy (non-hydrogen) atoms. The van der Waals surface area contributed by atoms with Crippen molar-refractivity contribution in [2.75, 3.05) is 26.9 Å². The highest BCUT2D eigenvalue weighted by Gasteiger charge is 2.21. The zero-order valence-electron chi connectivity index (χ0n) is 13.2. The van der Waals surface area contributed by atoms with E-state index in [4.69, 9.17) is 14.2 Å². The summed E-state index contributed by atoms with van der Waals surface area (Å²) in [5, 5.41) is 2.69. The lowest BCUT2D eigenvalue weighted by Crippen LogP contribution is -2.34. The van der Waals surface area contributed by atoms with Crippen LogP contribution in [0.4, 0.5) is 4.79 Å². The number of hydrogen-bond acceptors (Lipinski definition) is 4. The van der Waals surface area contributed by atoms with Crippen LogP contribution < -0.4 is 5.32 Å². The molecule has 0 aliphatic rings.